The van der Waals surface area contributed by atoms with Crippen LogP contribution in [0.2, 0.25) is 0 Å². The Kier molecular flexibility index (Phi) is 4.81. The van der Waals surface area contributed by atoms with Gasteiger partial charge in [0, 0.05) is 6.42 Å². The van der Waals surface area contributed by atoms with Crippen LogP contribution in [0.25, 0.3) is 0 Å². The van der Waals surface area contributed by atoms with Crippen molar-refractivity contribution in [2.24, 2.45) is 5.92 Å². The number of hydrogen-bond donors (Lipinski definition) is 1. The molecule has 0 aliphatic heterocycles. The van der Waals surface area contributed by atoms with Crippen LogP contribution in [0, 0.1) is 5.92 Å². The van der Waals surface area contributed by atoms with Gasteiger partial charge in [-0.05, 0) is 36.5 Å². The van der Waals surface area contributed by atoms with E-state index in [-0.39, 0.29) is 5.75 Å². The quantitative estimate of drug-likeness (QED) is 0.890. The number of halogens is 3. The van der Waals surface area contributed by atoms with E-state index >= 15 is 0 Å². The molecular weight excluding hydrogens is 281 g/mol. The number of hydrogen-bond acceptors (Lipinski definition) is 2. The van der Waals surface area contributed by atoms with Crippen LogP contribution < -0.4 is 4.74 Å². The number of alkyl halides is 3. The summed E-state index contributed by atoms with van der Waals surface area (Å²) in [5.74, 6) is 0.310. The lowest BCUT2D eigenvalue weighted by Crippen LogP contribution is -2.37. The Morgan fingerprint density at radius 2 is 1.95 bits per heavy atom. The molecule has 1 aliphatic carbocycles. The predicted molar refractivity (Wildman–Crippen MR) is 74.0 cm³/mol. The lowest BCUT2D eigenvalue weighted by Gasteiger charge is -2.36. The van der Waals surface area contributed by atoms with Gasteiger partial charge in [-0.3, -0.25) is 0 Å². The minimum atomic E-state index is -4.67. The molecule has 21 heavy (non-hydrogen) atoms. The van der Waals surface area contributed by atoms with Crippen LogP contribution >= 0.6 is 0 Å². The van der Waals surface area contributed by atoms with Crippen molar-refractivity contribution in [3.63, 3.8) is 0 Å². The molecule has 1 aromatic rings. The average molecular weight is 302 g/mol. The molecule has 2 nitrogen and oxygen atoms in total. The third-order valence-corrected chi connectivity index (χ3v) is 4.19. The zero-order valence-electron chi connectivity index (χ0n) is 12.1. The van der Waals surface area contributed by atoms with Gasteiger partial charge in [0.2, 0.25) is 0 Å². The minimum absolute atomic E-state index is 0.228. The first-order chi connectivity index (χ1) is 9.80. The molecule has 0 bridgehead atoms. The van der Waals surface area contributed by atoms with Gasteiger partial charge in [0.1, 0.15) is 5.75 Å². The van der Waals surface area contributed by atoms with Crippen molar-refractivity contribution in [2.75, 3.05) is 0 Å². The highest BCUT2D eigenvalue weighted by atomic mass is 19.4. The molecule has 0 amide bonds. The van der Waals surface area contributed by atoms with Crippen molar-refractivity contribution in [3.8, 4) is 5.75 Å². The predicted octanol–water partition coefficient (Wildman–Crippen LogP) is 4.46. The molecule has 0 saturated heterocycles. The molecule has 0 radical (unpaired) electrons. The van der Waals surface area contributed by atoms with Crippen LogP contribution in [0.5, 0.6) is 5.75 Å². The van der Waals surface area contributed by atoms with Crippen molar-refractivity contribution in [1.29, 1.82) is 0 Å². The number of aliphatic hydroxyl groups is 1. The molecule has 1 fully saturated rings. The van der Waals surface area contributed by atoms with Gasteiger partial charge in [-0.15, -0.1) is 13.2 Å². The van der Waals surface area contributed by atoms with Crippen LogP contribution in [-0.4, -0.2) is 17.1 Å². The van der Waals surface area contributed by atoms with Gasteiger partial charge in [-0.2, -0.15) is 0 Å². The largest absolute Gasteiger partial charge is 0.573 e. The SMILES string of the molecule is CCC1CCCC(O)(Cc2ccc(OC(F)(F)F)cc2)C1. The third kappa shape index (κ3) is 4.92. The van der Waals surface area contributed by atoms with Gasteiger partial charge < -0.3 is 9.84 Å². The van der Waals surface area contributed by atoms with Crippen molar-refractivity contribution in [3.05, 3.63) is 29.8 Å². The molecule has 1 N–H and O–H groups in total. The van der Waals surface area contributed by atoms with Gasteiger partial charge in [-0.1, -0.05) is 38.3 Å². The third-order valence-electron chi connectivity index (χ3n) is 4.19. The van der Waals surface area contributed by atoms with Gasteiger partial charge in [-0.25, -0.2) is 0 Å². The normalized spacial score (nSPS) is 26.6. The maximum absolute atomic E-state index is 12.1. The molecule has 5 heteroatoms. The Bertz CT molecular complexity index is 456. The molecule has 0 heterocycles. The first kappa shape index (κ1) is 16.1. The summed E-state index contributed by atoms with van der Waals surface area (Å²) in [7, 11) is 0. The smallest absolute Gasteiger partial charge is 0.406 e. The van der Waals surface area contributed by atoms with Crippen LogP contribution in [-0.2, 0) is 6.42 Å². The van der Waals surface area contributed by atoms with Gasteiger partial charge in [0.15, 0.2) is 0 Å². The molecule has 2 atom stereocenters. The molecule has 1 aliphatic rings. The zero-order chi connectivity index (χ0) is 15.5. The Morgan fingerprint density at radius 3 is 2.52 bits per heavy atom. The van der Waals surface area contributed by atoms with E-state index in [0.717, 1.165) is 37.7 Å². The Morgan fingerprint density at radius 1 is 1.29 bits per heavy atom. The van der Waals surface area contributed by atoms with Crippen molar-refractivity contribution in [1.82, 2.24) is 0 Å². The summed E-state index contributed by atoms with van der Waals surface area (Å²) in [6.07, 6.45) is 0.546. The topological polar surface area (TPSA) is 29.5 Å². The summed E-state index contributed by atoms with van der Waals surface area (Å²) in [5.41, 5.74) is 0.106. The molecule has 1 aromatic carbocycles. The monoisotopic (exact) mass is 302 g/mol. The first-order valence-electron chi connectivity index (χ1n) is 7.37. The van der Waals surface area contributed by atoms with Crippen molar-refractivity contribution in [2.45, 2.75) is 57.4 Å². The summed E-state index contributed by atoms with van der Waals surface area (Å²) < 4.78 is 40.1. The second-order valence-corrected chi connectivity index (χ2v) is 5.96. The maximum atomic E-state index is 12.1. The van der Waals surface area contributed by atoms with E-state index < -0.39 is 12.0 Å². The lowest BCUT2D eigenvalue weighted by molar-refractivity contribution is -0.274. The summed E-state index contributed by atoms with van der Waals surface area (Å²) in [5, 5.41) is 10.7. The Labute approximate surface area is 122 Å². The molecular formula is C16H21F3O2. The van der Waals surface area contributed by atoms with Crippen molar-refractivity contribution < 1.29 is 23.0 Å². The minimum Gasteiger partial charge on any atom is -0.406 e. The highest BCUT2D eigenvalue weighted by Gasteiger charge is 2.34. The highest BCUT2D eigenvalue weighted by Crippen LogP contribution is 2.36. The summed E-state index contributed by atoms with van der Waals surface area (Å²) >= 11 is 0. The molecule has 2 unspecified atom stereocenters. The van der Waals surface area contributed by atoms with Gasteiger partial charge in [0.25, 0.3) is 0 Å². The number of benzene rings is 1. The van der Waals surface area contributed by atoms with Gasteiger partial charge >= 0.3 is 6.36 Å². The van der Waals surface area contributed by atoms with Crippen molar-refractivity contribution >= 4 is 0 Å². The molecule has 2 rings (SSSR count). The van der Waals surface area contributed by atoms with Gasteiger partial charge in [0.05, 0.1) is 5.60 Å². The summed E-state index contributed by atoms with van der Waals surface area (Å²) in [6.45, 7) is 2.12. The maximum Gasteiger partial charge on any atom is 0.573 e. The number of ether oxygens (including phenoxy) is 1. The number of rotatable bonds is 4. The van der Waals surface area contributed by atoms with Crippen LogP contribution in [0.3, 0.4) is 0 Å². The van der Waals surface area contributed by atoms with Crippen LogP contribution in [0.4, 0.5) is 13.2 Å². The zero-order valence-corrected chi connectivity index (χ0v) is 12.1. The highest BCUT2D eigenvalue weighted by molar-refractivity contribution is 5.28. The Hall–Kier alpha value is -1.23. The molecule has 1 saturated carbocycles. The summed E-state index contributed by atoms with van der Waals surface area (Å²) in [6, 6.07) is 5.78. The second-order valence-electron chi connectivity index (χ2n) is 5.96. The van der Waals surface area contributed by atoms with E-state index in [4.69, 9.17) is 0 Å². The van der Waals surface area contributed by atoms with E-state index in [1.807, 2.05) is 0 Å². The fourth-order valence-corrected chi connectivity index (χ4v) is 3.16. The fourth-order valence-electron chi connectivity index (χ4n) is 3.16. The average Bonchev–Trinajstić information content (AvgIpc) is 2.39. The fraction of sp³-hybridized carbons (Fsp3) is 0.625. The molecule has 0 aromatic heterocycles. The standard InChI is InChI=1S/C16H21F3O2/c1-2-12-4-3-9-15(20,10-12)11-13-5-7-14(8-6-13)21-16(17,18)19/h5-8,12,20H,2-4,9-11H2,1H3. The van der Waals surface area contributed by atoms with Crippen LogP contribution in [0.15, 0.2) is 24.3 Å². The summed E-state index contributed by atoms with van der Waals surface area (Å²) in [4.78, 5) is 0. The second kappa shape index (κ2) is 6.26. The van der Waals surface area contributed by atoms with E-state index in [2.05, 4.69) is 11.7 Å². The lowest BCUT2D eigenvalue weighted by atomic mass is 9.74. The van der Waals surface area contributed by atoms with E-state index in [1.165, 1.54) is 12.1 Å². The first-order valence-corrected chi connectivity index (χ1v) is 7.37. The molecule has 118 valence electrons. The van der Waals surface area contributed by atoms with E-state index in [1.54, 1.807) is 12.1 Å². The Balaban J connectivity index is 1.99. The molecule has 0 spiro atoms. The van der Waals surface area contributed by atoms with Crippen LogP contribution in [0.1, 0.15) is 44.6 Å². The van der Waals surface area contributed by atoms with E-state index in [9.17, 15) is 18.3 Å². The van der Waals surface area contributed by atoms with E-state index in [0.29, 0.717) is 12.3 Å².